The Hall–Kier alpha value is -1.22. The van der Waals surface area contributed by atoms with Gasteiger partial charge < -0.3 is 0 Å². The number of aryl methyl sites for hydroxylation is 1. The Labute approximate surface area is 87.4 Å². The predicted octanol–water partition coefficient (Wildman–Crippen LogP) is 3.65. The second kappa shape index (κ2) is 4.33. The van der Waals surface area contributed by atoms with Gasteiger partial charge >= 0.3 is 0 Å². The molecule has 0 N–H and O–H groups in total. The minimum Gasteiger partial charge on any atom is -0.115 e. The van der Waals surface area contributed by atoms with Crippen LogP contribution in [-0.4, -0.2) is 0 Å². The SMILES string of the molecule is C#Cc1ccc(CCC(C)(C)C)cc1. The van der Waals surface area contributed by atoms with Gasteiger partial charge in [0, 0.05) is 5.56 Å². The standard InChI is InChI=1S/C14H18/c1-5-12-6-8-13(9-7-12)10-11-14(2,3)4/h1,6-9H,10-11H2,2-4H3. The highest BCUT2D eigenvalue weighted by atomic mass is 14.1. The zero-order valence-electron chi connectivity index (χ0n) is 9.30. The average Bonchev–Trinajstić information content (AvgIpc) is 2.14. The van der Waals surface area contributed by atoms with E-state index in [9.17, 15) is 0 Å². The molecule has 1 aromatic rings. The maximum atomic E-state index is 5.29. The van der Waals surface area contributed by atoms with Crippen molar-refractivity contribution in [3.63, 3.8) is 0 Å². The quantitative estimate of drug-likeness (QED) is 0.618. The molecule has 0 amide bonds. The fourth-order valence-electron chi connectivity index (χ4n) is 1.29. The third-order valence-corrected chi connectivity index (χ3v) is 2.28. The molecule has 0 nitrogen and oxygen atoms in total. The summed E-state index contributed by atoms with van der Waals surface area (Å²) in [5.74, 6) is 2.63. The van der Waals surface area contributed by atoms with Gasteiger partial charge in [0.05, 0.1) is 0 Å². The molecule has 0 heterocycles. The summed E-state index contributed by atoms with van der Waals surface area (Å²) in [6, 6.07) is 8.28. The predicted molar refractivity (Wildman–Crippen MR) is 62.2 cm³/mol. The maximum absolute atomic E-state index is 5.29. The van der Waals surface area contributed by atoms with E-state index in [0.29, 0.717) is 5.41 Å². The molecule has 14 heavy (non-hydrogen) atoms. The first kappa shape index (κ1) is 10.9. The van der Waals surface area contributed by atoms with Crippen molar-refractivity contribution in [3.05, 3.63) is 35.4 Å². The van der Waals surface area contributed by atoms with Crippen LogP contribution in [0, 0.1) is 17.8 Å². The first-order valence-corrected chi connectivity index (χ1v) is 5.07. The van der Waals surface area contributed by atoms with Crippen molar-refractivity contribution >= 4 is 0 Å². The molecule has 0 aliphatic rings. The van der Waals surface area contributed by atoms with Crippen molar-refractivity contribution in [2.75, 3.05) is 0 Å². The largest absolute Gasteiger partial charge is 0.115 e. The lowest BCUT2D eigenvalue weighted by atomic mass is 9.88. The van der Waals surface area contributed by atoms with Gasteiger partial charge in [-0.1, -0.05) is 38.8 Å². The lowest BCUT2D eigenvalue weighted by Crippen LogP contribution is -2.06. The van der Waals surface area contributed by atoms with Gasteiger partial charge in [-0.3, -0.25) is 0 Å². The number of hydrogen-bond acceptors (Lipinski definition) is 0. The van der Waals surface area contributed by atoms with E-state index in [0.717, 1.165) is 12.0 Å². The summed E-state index contributed by atoms with van der Waals surface area (Å²) < 4.78 is 0. The maximum Gasteiger partial charge on any atom is 0.0242 e. The second-order valence-corrected chi connectivity index (χ2v) is 4.90. The van der Waals surface area contributed by atoms with E-state index in [-0.39, 0.29) is 0 Å². The number of terminal acetylenes is 1. The highest BCUT2D eigenvalue weighted by Crippen LogP contribution is 2.21. The van der Waals surface area contributed by atoms with Crippen molar-refractivity contribution in [1.29, 1.82) is 0 Å². The Bertz CT molecular complexity index is 317. The van der Waals surface area contributed by atoms with Gasteiger partial charge in [0.1, 0.15) is 0 Å². The van der Waals surface area contributed by atoms with Crippen molar-refractivity contribution in [2.45, 2.75) is 33.6 Å². The highest BCUT2D eigenvalue weighted by molar-refractivity contribution is 5.34. The van der Waals surface area contributed by atoms with Crippen LogP contribution in [0.15, 0.2) is 24.3 Å². The van der Waals surface area contributed by atoms with Crippen LogP contribution in [0.25, 0.3) is 0 Å². The topological polar surface area (TPSA) is 0 Å². The van der Waals surface area contributed by atoms with E-state index in [4.69, 9.17) is 6.42 Å². The molecule has 0 aromatic heterocycles. The zero-order chi connectivity index (χ0) is 10.6. The Morgan fingerprint density at radius 3 is 2.14 bits per heavy atom. The molecule has 1 aromatic carbocycles. The smallest absolute Gasteiger partial charge is 0.0242 e. The van der Waals surface area contributed by atoms with Gasteiger partial charge in [-0.25, -0.2) is 0 Å². The van der Waals surface area contributed by atoms with Crippen LogP contribution in [0.1, 0.15) is 38.3 Å². The number of hydrogen-bond donors (Lipinski definition) is 0. The molecule has 0 aliphatic carbocycles. The molecule has 0 saturated heterocycles. The summed E-state index contributed by atoms with van der Waals surface area (Å²) in [5.41, 5.74) is 2.74. The highest BCUT2D eigenvalue weighted by Gasteiger charge is 2.09. The van der Waals surface area contributed by atoms with Gasteiger partial charge in [0.2, 0.25) is 0 Å². The lowest BCUT2D eigenvalue weighted by Gasteiger charge is -2.17. The number of benzene rings is 1. The molecule has 0 spiro atoms. The van der Waals surface area contributed by atoms with Gasteiger partial charge in [0.15, 0.2) is 0 Å². The van der Waals surface area contributed by atoms with E-state index in [1.54, 1.807) is 0 Å². The molecule has 0 bridgehead atoms. The summed E-state index contributed by atoms with van der Waals surface area (Å²) >= 11 is 0. The summed E-state index contributed by atoms with van der Waals surface area (Å²) in [6.07, 6.45) is 7.64. The molecular formula is C14H18. The first-order valence-electron chi connectivity index (χ1n) is 5.07. The molecule has 74 valence electrons. The van der Waals surface area contributed by atoms with Crippen LogP contribution in [0.2, 0.25) is 0 Å². The van der Waals surface area contributed by atoms with E-state index in [1.807, 2.05) is 12.1 Å². The number of rotatable bonds is 2. The average molecular weight is 186 g/mol. The molecule has 0 radical (unpaired) electrons. The molecule has 0 fully saturated rings. The third-order valence-electron chi connectivity index (χ3n) is 2.28. The normalized spacial score (nSPS) is 11.0. The van der Waals surface area contributed by atoms with E-state index in [1.165, 1.54) is 12.0 Å². The summed E-state index contributed by atoms with van der Waals surface area (Å²) in [4.78, 5) is 0. The van der Waals surface area contributed by atoms with Crippen LogP contribution in [0.5, 0.6) is 0 Å². The summed E-state index contributed by atoms with van der Waals surface area (Å²) in [6.45, 7) is 6.80. The van der Waals surface area contributed by atoms with Crippen molar-refractivity contribution < 1.29 is 0 Å². The minimum atomic E-state index is 0.408. The fraction of sp³-hybridized carbons (Fsp3) is 0.429. The summed E-state index contributed by atoms with van der Waals surface area (Å²) in [5, 5.41) is 0. The van der Waals surface area contributed by atoms with Gasteiger partial charge in [-0.15, -0.1) is 6.42 Å². The molecule has 0 unspecified atom stereocenters. The van der Waals surface area contributed by atoms with E-state index < -0.39 is 0 Å². The van der Waals surface area contributed by atoms with E-state index in [2.05, 4.69) is 38.8 Å². The van der Waals surface area contributed by atoms with E-state index >= 15 is 0 Å². The van der Waals surface area contributed by atoms with Crippen molar-refractivity contribution in [1.82, 2.24) is 0 Å². The van der Waals surface area contributed by atoms with Crippen molar-refractivity contribution in [3.8, 4) is 12.3 Å². The van der Waals surface area contributed by atoms with Crippen LogP contribution in [-0.2, 0) is 6.42 Å². The van der Waals surface area contributed by atoms with Crippen LogP contribution >= 0.6 is 0 Å². The zero-order valence-corrected chi connectivity index (χ0v) is 9.30. The minimum absolute atomic E-state index is 0.408. The Morgan fingerprint density at radius 1 is 1.14 bits per heavy atom. The molecular weight excluding hydrogens is 168 g/mol. The summed E-state index contributed by atoms with van der Waals surface area (Å²) in [7, 11) is 0. The molecule has 0 saturated carbocycles. The fourth-order valence-corrected chi connectivity index (χ4v) is 1.29. The van der Waals surface area contributed by atoms with Crippen molar-refractivity contribution in [2.24, 2.45) is 5.41 Å². The van der Waals surface area contributed by atoms with Gasteiger partial charge in [-0.05, 0) is 36.0 Å². The Balaban J connectivity index is 2.58. The molecule has 0 atom stereocenters. The van der Waals surface area contributed by atoms with Crippen LogP contribution in [0.3, 0.4) is 0 Å². The van der Waals surface area contributed by atoms with Crippen LogP contribution in [0.4, 0.5) is 0 Å². The Morgan fingerprint density at radius 2 is 1.71 bits per heavy atom. The first-order chi connectivity index (χ1) is 6.51. The molecule has 0 heteroatoms. The molecule has 1 rings (SSSR count). The third kappa shape index (κ3) is 3.66. The second-order valence-electron chi connectivity index (χ2n) is 4.90. The monoisotopic (exact) mass is 186 g/mol. The lowest BCUT2D eigenvalue weighted by molar-refractivity contribution is 0.378. The molecule has 0 aliphatic heterocycles. The van der Waals surface area contributed by atoms with Gasteiger partial charge in [0.25, 0.3) is 0 Å². The van der Waals surface area contributed by atoms with Crippen LogP contribution < -0.4 is 0 Å². The Kier molecular flexibility index (Phi) is 3.36. The van der Waals surface area contributed by atoms with Gasteiger partial charge in [-0.2, -0.15) is 0 Å².